The first kappa shape index (κ1) is 50.7. The van der Waals surface area contributed by atoms with E-state index >= 15 is 0 Å². The van der Waals surface area contributed by atoms with Crippen molar-refractivity contribution in [2.75, 3.05) is 20.2 Å². The quantitative estimate of drug-likeness (QED) is 0.0302. The number of guanidine groups is 1. The van der Waals surface area contributed by atoms with Gasteiger partial charge in [0, 0.05) is 36.8 Å². The Morgan fingerprint density at radius 1 is 0.923 bits per heavy atom. The van der Waals surface area contributed by atoms with Gasteiger partial charge < -0.3 is 39.1 Å². The summed E-state index contributed by atoms with van der Waals surface area (Å²) >= 11 is 7.01. The largest absolute Gasteiger partial charge is 0.508 e. The van der Waals surface area contributed by atoms with Crippen molar-refractivity contribution in [2.45, 2.75) is 143 Å². The molecule has 356 valence electrons. The van der Waals surface area contributed by atoms with Crippen LogP contribution >= 0.6 is 24.0 Å². The lowest BCUT2D eigenvalue weighted by molar-refractivity contribution is -0.124. The Morgan fingerprint density at radius 3 is 2.15 bits per heavy atom. The average Bonchev–Trinajstić information content (AvgIpc) is 3.96. The standard InChI is InChI=1S/C46H64N6O11S2/c1-44(2,3)61-40(56)49-32(14-12-18-48-39(50-41(57)62-45(4,5)6)51-42(58)63-46(7,8)9)37(54)47-17-11-13-28-23-34(29-21-30(53)24-31(22-29)59-10)60-35(28)25-36-38(55)52(43(64)65-36)33-20-26-15-16-27(33)19-26/h21-27,32-33,53H,11-20H2,1-10H3,(H,47,54)(H,49,56)(H2,48,50,51,57,58)/b36-25-/t26?,27?,32-,33?/m0/s1. The molecule has 5 rings (SSSR count). The number of thiocarbonyl (C=S) groups is 1. The monoisotopic (exact) mass is 940 g/mol. The lowest BCUT2D eigenvalue weighted by Crippen LogP contribution is -2.48. The molecule has 0 spiro atoms. The molecule has 3 fully saturated rings. The van der Waals surface area contributed by atoms with Gasteiger partial charge in [0.05, 0.1) is 12.0 Å². The van der Waals surface area contributed by atoms with Crippen molar-refractivity contribution in [3.05, 3.63) is 40.5 Å². The van der Waals surface area contributed by atoms with E-state index in [2.05, 4.69) is 26.3 Å². The van der Waals surface area contributed by atoms with Crippen LogP contribution in [0, 0.1) is 11.8 Å². The molecule has 1 aromatic carbocycles. The van der Waals surface area contributed by atoms with E-state index in [1.165, 1.54) is 31.4 Å². The highest BCUT2D eigenvalue weighted by atomic mass is 32.2. The van der Waals surface area contributed by atoms with Crippen LogP contribution in [0.5, 0.6) is 11.5 Å². The van der Waals surface area contributed by atoms with Crippen LogP contribution < -0.4 is 26.0 Å². The Labute approximate surface area is 390 Å². The highest BCUT2D eigenvalue weighted by Gasteiger charge is 2.48. The normalized spacial score (nSPS) is 19.4. The van der Waals surface area contributed by atoms with Crippen LogP contribution in [0.4, 0.5) is 14.4 Å². The van der Waals surface area contributed by atoms with Gasteiger partial charge in [-0.15, -0.1) is 0 Å². The first-order chi connectivity index (χ1) is 30.4. The molecular weight excluding hydrogens is 877 g/mol. The smallest absolute Gasteiger partial charge is 0.414 e. The number of hydrogen-bond donors (Lipinski definition) is 5. The van der Waals surface area contributed by atoms with Crippen molar-refractivity contribution in [1.29, 1.82) is 0 Å². The predicted octanol–water partition coefficient (Wildman–Crippen LogP) is 8.18. The Balaban J connectivity index is 1.28. The van der Waals surface area contributed by atoms with E-state index in [-0.39, 0.29) is 49.6 Å². The fraction of sp³-hybridized carbons (Fsp3) is 0.587. The fourth-order valence-corrected chi connectivity index (χ4v) is 9.23. The van der Waals surface area contributed by atoms with Gasteiger partial charge >= 0.3 is 18.3 Å². The van der Waals surface area contributed by atoms with E-state index in [1.807, 2.05) is 6.07 Å². The lowest BCUT2D eigenvalue weighted by Gasteiger charge is -2.30. The van der Waals surface area contributed by atoms with Gasteiger partial charge in [0.25, 0.3) is 5.91 Å². The third kappa shape index (κ3) is 15.4. The number of nitrogens with one attached hydrogen (secondary N) is 4. The molecule has 19 heteroatoms. The van der Waals surface area contributed by atoms with Crippen LogP contribution in [0.25, 0.3) is 17.4 Å². The van der Waals surface area contributed by atoms with Gasteiger partial charge in [-0.05, 0) is 143 Å². The number of ether oxygens (including phenoxy) is 4. The number of rotatable bonds is 14. The van der Waals surface area contributed by atoms with Gasteiger partial charge in [-0.25, -0.2) is 14.4 Å². The Bertz CT molecular complexity index is 2140. The van der Waals surface area contributed by atoms with E-state index in [9.17, 15) is 29.1 Å². The zero-order chi connectivity index (χ0) is 47.9. The van der Waals surface area contributed by atoms with Gasteiger partial charge in [0.2, 0.25) is 11.9 Å². The first-order valence-corrected chi connectivity index (χ1v) is 23.2. The molecule has 5 amide bonds. The number of aromatic hydroxyl groups is 1. The number of methoxy groups -OCH3 is 1. The zero-order valence-corrected chi connectivity index (χ0v) is 40.6. The van der Waals surface area contributed by atoms with Crippen molar-refractivity contribution in [3.8, 4) is 22.8 Å². The molecule has 2 heterocycles. The number of aryl methyl sites for hydroxylation is 1. The van der Waals surface area contributed by atoms with Crippen molar-refractivity contribution in [3.63, 3.8) is 0 Å². The van der Waals surface area contributed by atoms with Crippen LogP contribution in [0.15, 0.2) is 38.6 Å². The maximum absolute atomic E-state index is 13.9. The second-order valence-corrected chi connectivity index (χ2v) is 21.1. The Kier molecular flexibility index (Phi) is 16.6. The third-order valence-corrected chi connectivity index (χ3v) is 11.8. The van der Waals surface area contributed by atoms with Crippen molar-refractivity contribution in [2.24, 2.45) is 16.8 Å². The van der Waals surface area contributed by atoms with Gasteiger partial charge in [-0.2, -0.15) is 0 Å². The molecule has 0 radical (unpaired) electrons. The molecule has 65 heavy (non-hydrogen) atoms. The number of phenolic OH excluding ortho intramolecular Hbond substituents is 1. The van der Waals surface area contributed by atoms with Crippen LogP contribution in [0.2, 0.25) is 0 Å². The Hall–Kier alpha value is -5.30. The van der Waals surface area contributed by atoms with Crippen molar-refractivity contribution < 1.29 is 52.4 Å². The van der Waals surface area contributed by atoms with Gasteiger partial charge in [0.15, 0.2) is 0 Å². The summed E-state index contributed by atoms with van der Waals surface area (Å²) in [6, 6.07) is 5.71. The molecule has 2 saturated carbocycles. The zero-order valence-electron chi connectivity index (χ0n) is 39.0. The number of aliphatic imine (C=N–C) groups is 1. The van der Waals surface area contributed by atoms with Crippen LogP contribution in [-0.2, 0) is 30.2 Å². The van der Waals surface area contributed by atoms with Crippen LogP contribution in [0.1, 0.15) is 119 Å². The molecule has 3 unspecified atom stereocenters. The molecule has 1 aliphatic heterocycles. The summed E-state index contributed by atoms with van der Waals surface area (Å²) in [6.07, 6.45) is 4.88. The molecular formula is C46H64N6O11S2. The SMILES string of the molecule is COc1cc(O)cc(-c2cc(CCCNC(=O)[C@H](CCCN=C(NC(=O)OC(C)(C)C)NC(=O)OC(C)(C)C)NC(=O)OC(C)(C)C)c(/C=C3\SC(=S)N(C4CC5CCC4C5)C3=O)o2)c1. The number of benzene rings is 1. The van der Waals surface area contributed by atoms with Gasteiger partial charge in [0.1, 0.15) is 50.2 Å². The first-order valence-electron chi connectivity index (χ1n) is 22.0. The second-order valence-electron chi connectivity index (χ2n) is 19.4. The average molecular weight is 941 g/mol. The molecule has 1 saturated heterocycles. The summed E-state index contributed by atoms with van der Waals surface area (Å²) in [4.78, 5) is 72.1. The number of carbonyl (C=O) groups is 5. The van der Waals surface area contributed by atoms with Crippen molar-refractivity contribution in [1.82, 2.24) is 26.2 Å². The van der Waals surface area contributed by atoms with Crippen molar-refractivity contribution >= 4 is 70.4 Å². The number of amides is 5. The minimum absolute atomic E-state index is 0.00924. The number of hydrogen-bond acceptors (Lipinski definition) is 14. The summed E-state index contributed by atoms with van der Waals surface area (Å²) in [5.74, 6) is 1.61. The maximum Gasteiger partial charge on any atom is 0.414 e. The summed E-state index contributed by atoms with van der Waals surface area (Å²) in [5.41, 5.74) is -1.14. The minimum atomic E-state index is -1.03. The van der Waals surface area contributed by atoms with Crippen LogP contribution in [0.3, 0.4) is 0 Å². The second kappa shape index (κ2) is 21.3. The van der Waals surface area contributed by atoms with E-state index in [4.69, 9.17) is 35.6 Å². The van der Waals surface area contributed by atoms with E-state index in [0.717, 1.165) is 24.8 Å². The number of furan rings is 1. The molecule has 2 aliphatic carbocycles. The third-order valence-electron chi connectivity index (χ3n) is 10.5. The van der Waals surface area contributed by atoms with E-state index in [1.54, 1.807) is 85.4 Å². The van der Waals surface area contributed by atoms with Gasteiger partial charge in [-0.1, -0.05) is 30.4 Å². The maximum atomic E-state index is 13.9. The number of fused-ring (bicyclic) bond motifs is 2. The number of phenols is 1. The van der Waals surface area contributed by atoms with Gasteiger partial charge in [-0.3, -0.25) is 30.1 Å². The molecule has 17 nitrogen and oxygen atoms in total. The van der Waals surface area contributed by atoms with E-state index < -0.39 is 47.0 Å². The summed E-state index contributed by atoms with van der Waals surface area (Å²) in [5, 5.41) is 20.8. The lowest BCUT2D eigenvalue weighted by atomic mass is 9.94. The molecule has 2 aromatic rings. The highest BCUT2D eigenvalue weighted by molar-refractivity contribution is 8.26. The summed E-state index contributed by atoms with van der Waals surface area (Å²) in [7, 11) is 1.50. The molecule has 1 aromatic heterocycles. The number of nitrogens with zero attached hydrogens (tertiary/aromatic N) is 2. The van der Waals surface area contributed by atoms with Crippen LogP contribution in [-0.4, -0.2) is 99.5 Å². The topological polar surface area (TPSA) is 219 Å². The predicted molar refractivity (Wildman–Crippen MR) is 251 cm³/mol. The summed E-state index contributed by atoms with van der Waals surface area (Å²) in [6.45, 7) is 15.5. The molecule has 4 atom stereocenters. The summed E-state index contributed by atoms with van der Waals surface area (Å²) < 4.78 is 28.4. The number of thioether (sulfide) groups is 1. The molecule has 3 aliphatic rings. The fourth-order valence-electron chi connectivity index (χ4n) is 7.89. The minimum Gasteiger partial charge on any atom is -0.508 e. The highest BCUT2D eigenvalue weighted by Crippen LogP contribution is 2.49. The van der Waals surface area contributed by atoms with E-state index in [0.29, 0.717) is 56.7 Å². The molecule has 5 N–H and O–H groups in total. The Morgan fingerprint density at radius 2 is 1.57 bits per heavy atom. The number of carbonyl (C=O) groups excluding carboxylic acids is 5. The number of alkyl carbamates (subject to hydrolysis) is 3. The molecule has 2 bridgehead atoms.